The molecule has 0 aliphatic carbocycles. The summed E-state index contributed by atoms with van der Waals surface area (Å²) in [5.41, 5.74) is 2.17. The van der Waals surface area contributed by atoms with E-state index in [2.05, 4.69) is 0 Å². The molecule has 0 spiro atoms. The van der Waals surface area contributed by atoms with Crippen molar-refractivity contribution in [1.29, 1.82) is 0 Å². The molecule has 5 nitrogen and oxygen atoms in total. The van der Waals surface area contributed by atoms with Crippen molar-refractivity contribution in [2.75, 3.05) is 6.66 Å². The van der Waals surface area contributed by atoms with E-state index in [4.69, 9.17) is 9.05 Å². The molecule has 0 atom stereocenters. The van der Waals surface area contributed by atoms with Crippen LogP contribution in [0.2, 0.25) is 0 Å². The van der Waals surface area contributed by atoms with Crippen LogP contribution in [0.3, 0.4) is 0 Å². The Bertz CT molecular complexity index is 1200. The third-order valence-electron chi connectivity index (χ3n) is 4.85. The smallest absolute Gasteiger partial charge is 0.416 e. The maximum atomic E-state index is 12.9. The van der Waals surface area contributed by atoms with Crippen LogP contribution >= 0.6 is 7.60 Å². The fourth-order valence-corrected chi connectivity index (χ4v) is 4.29. The Labute approximate surface area is 192 Å². The van der Waals surface area contributed by atoms with Gasteiger partial charge in [0.2, 0.25) is 0 Å². The first-order valence-electron chi connectivity index (χ1n) is 10.3. The largest absolute Gasteiger partial charge is 0.427 e. The van der Waals surface area contributed by atoms with Crippen LogP contribution in [0.5, 0.6) is 11.5 Å². The predicted molar refractivity (Wildman–Crippen MR) is 127 cm³/mol. The van der Waals surface area contributed by atoms with Gasteiger partial charge >= 0.3 is 7.60 Å². The van der Waals surface area contributed by atoms with Gasteiger partial charge in [0.15, 0.2) is 11.6 Å². The van der Waals surface area contributed by atoms with E-state index in [-0.39, 0.29) is 11.6 Å². The molecule has 0 aliphatic heterocycles. The Hall–Kier alpha value is -3.95. The van der Waals surface area contributed by atoms with Gasteiger partial charge in [-0.05, 0) is 48.5 Å². The normalized spacial score (nSPS) is 10.9. The summed E-state index contributed by atoms with van der Waals surface area (Å²) in [5.74, 6) is 0.425. The highest BCUT2D eigenvalue weighted by Gasteiger charge is 2.21. The molecule has 0 saturated carbocycles. The highest BCUT2D eigenvalue weighted by atomic mass is 31.2. The van der Waals surface area contributed by atoms with Crippen LogP contribution in [-0.4, -0.2) is 18.2 Å². The third-order valence-corrected chi connectivity index (χ3v) is 5.93. The van der Waals surface area contributed by atoms with E-state index in [1.807, 2.05) is 12.1 Å². The van der Waals surface area contributed by atoms with E-state index in [1.54, 1.807) is 97.1 Å². The van der Waals surface area contributed by atoms with Crippen molar-refractivity contribution >= 4 is 19.2 Å². The summed E-state index contributed by atoms with van der Waals surface area (Å²) >= 11 is 0. The van der Waals surface area contributed by atoms with Crippen molar-refractivity contribution in [3.05, 3.63) is 131 Å². The van der Waals surface area contributed by atoms with Gasteiger partial charge in [0, 0.05) is 22.3 Å². The van der Waals surface area contributed by atoms with Gasteiger partial charge < -0.3 is 9.05 Å². The molecule has 0 fully saturated rings. The zero-order valence-electron chi connectivity index (χ0n) is 17.9. The topological polar surface area (TPSA) is 69.7 Å². The molecule has 0 unspecified atom stereocenters. The lowest BCUT2D eigenvalue weighted by molar-refractivity contribution is 0.103. The Morgan fingerprint density at radius 1 is 0.515 bits per heavy atom. The molecule has 0 amide bonds. The molecule has 0 aromatic heterocycles. The standard InChI is InChI=1S/C27H21O5P/c1-33(30,31-24-16-12-22(13-17-24)26(28)20-8-4-2-5-9-20)32-25-18-14-23(15-19-25)27(29)21-10-6-3-7-11-21/h2-19H,1H3. The van der Waals surface area contributed by atoms with E-state index >= 15 is 0 Å². The van der Waals surface area contributed by atoms with Crippen molar-refractivity contribution in [2.24, 2.45) is 0 Å². The SMILES string of the molecule is CP(=O)(Oc1ccc(C(=O)c2ccccc2)cc1)Oc1ccc(C(=O)c2ccccc2)cc1. The number of carbonyl (C=O) groups is 2. The maximum absolute atomic E-state index is 12.9. The number of rotatable bonds is 8. The average Bonchev–Trinajstić information content (AvgIpc) is 2.85. The Balaban J connectivity index is 1.40. The zero-order valence-corrected chi connectivity index (χ0v) is 18.8. The zero-order chi connectivity index (χ0) is 23.3. The highest BCUT2D eigenvalue weighted by Crippen LogP contribution is 2.45. The minimum Gasteiger partial charge on any atom is -0.416 e. The lowest BCUT2D eigenvalue weighted by Crippen LogP contribution is -2.03. The summed E-state index contributed by atoms with van der Waals surface area (Å²) in [5, 5.41) is 0. The van der Waals surface area contributed by atoms with Gasteiger partial charge in [-0.1, -0.05) is 60.7 Å². The summed E-state index contributed by atoms with van der Waals surface area (Å²) in [7, 11) is -3.50. The van der Waals surface area contributed by atoms with Gasteiger partial charge in [0.25, 0.3) is 0 Å². The molecule has 33 heavy (non-hydrogen) atoms. The van der Waals surface area contributed by atoms with Gasteiger partial charge in [-0.3, -0.25) is 9.59 Å². The van der Waals surface area contributed by atoms with Crippen LogP contribution in [0.4, 0.5) is 0 Å². The Morgan fingerprint density at radius 2 is 0.818 bits per heavy atom. The Kier molecular flexibility index (Phi) is 6.53. The van der Waals surface area contributed by atoms with Gasteiger partial charge in [-0.25, -0.2) is 4.57 Å². The molecule has 6 heteroatoms. The Morgan fingerprint density at radius 3 is 1.15 bits per heavy atom. The number of ketones is 2. The number of carbonyl (C=O) groups excluding carboxylic acids is 2. The second-order valence-electron chi connectivity index (χ2n) is 7.39. The summed E-state index contributed by atoms with van der Waals surface area (Å²) in [4.78, 5) is 25.0. The summed E-state index contributed by atoms with van der Waals surface area (Å²) in [6.07, 6.45) is 0. The van der Waals surface area contributed by atoms with E-state index in [0.29, 0.717) is 33.8 Å². The summed E-state index contributed by atoms with van der Waals surface area (Å²) in [6, 6.07) is 30.7. The monoisotopic (exact) mass is 456 g/mol. The third kappa shape index (κ3) is 5.65. The van der Waals surface area contributed by atoms with Crippen LogP contribution < -0.4 is 9.05 Å². The fraction of sp³-hybridized carbons (Fsp3) is 0.0370. The van der Waals surface area contributed by atoms with Crippen LogP contribution in [0.1, 0.15) is 31.8 Å². The van der Waals surface area contributed by atoms with E-state index < -0.39 is 7.60 Å². The molecule has 0 aliphatic rings. The second kappa shape index (κ2) is 9.68. The van der Waals surface area contributed by atoms with Crippen molar-refractivity contribution in [3.8, 4) is 11.5 Å². The predicted octanol–water partition coefficient (Wildman–Crippen LogP) is 6.43. The summed E-state index contributed by atoms with van der Waals surface area (Å²) in [6.45, 7) is 1.36. The molecular weight excluding hydrogens is 435 g/mol. The average molecular weight is 456 g/mol. The van der Waals surface area contributed by atoms with E-state index in [0.717, 1.165) is 0 Å². The second-order valence-corrected chi connectivity index (χ2v) is 9.30. The molecular formula is C27H21O5P. The minimum atomic E-state index is -3.50. The van der Waals surface area contributed by atoms with Crippen LogP contribution in [0.15, 0.2) is 109 Å². The highest BCUT2D eigenvalue weighted by molar-refractivity contribution is 7.53. The molecule has 4 rings (SSSR count). The van der Waals surface area contributed by atoms with Gasteiger partial charge in [0.05, 0.1) is 6.66 Å². The van der Waals surface area contributed by atoms with Crippen molar-refractivity contribution in [3.63, 3.8) is 0 Å². The van der Waals surface area contributed by atoms with Crippen LogP contribution in [0.25, 0.3) is 0 Å². The van der Waals surface area contributed by atoms with Crippen molar-refractivity contribution in [2.45, 2.75) is 0 Å². The molecule has 0 bridgehead atoms. The van der Waals surface area contributed by atoms with Gasteiger partial charge in [-0.15, -0.1) is 0 Å². The van der Waals surface area contributed by atoms with Gasteiger partial charge in [-0.2, -0.15) is 0 Å². The lowest BCUT2D eigenvalue weighted by atomic mass is 10.0. The van der Waals surface area contributed by atoms with E-state index in [1.165, 1.54) is 6.66 Å². The fourth-order valence-electron chi connectivity index (χ4n) is 3.25. The quantitative estimate of drug-likeness (QED) is 0.226. The lowest BCUT2D eigenvalue weighted by Gasteiger charge is -2.16. The number of hydrogen-bond donors (Lipinski definition) is 0. The van der Waals surface area contributed by atoms with Crippen LogP contribution in [0, 0.1) is 0 Å². The first kappa shape index (κ1) is 22.3. The van der Waals surface area contributed by atoms with Crippen molar-refractivity contribution in [1.82, 2.24) is 0 Å². The maximum Gasteiger partial charge on any atom is 0.427 e. The first-order chi connectivity index (χ1) is 15.9. The minimum absolute atomic E-state index is 0.108. The molecule has 4 aromatic rings. The number of hydrogen-bond acceptors (Lipinski definition) is 5. The van der Waals surface area contributed by atoms with Crippen molar-refractivity contribution < 1.29 is 23.2 Å². The number of benzene rings is 4. The molecule has 164 valence electrons. The first-order valence-corrected chi connectivity index (χ1v) is 12.3. The van der Waals surface area contributed by atoms with E-state index in [9.17, 15) is 14.2 Å². The molecule has 0 radical (unpaired) electrons. The molecule has 0 heterocycles. The summed E-state index contributed by atoms with van der Waals surface area (Å²) < 4.78 is 24.0. The molecule has 0 saturated heterocycles. The molecule has 0 N–H and O–H groups in total. The van der Waals surface area contributed by atoms with Gasteiger partial charge in [0.1, 0.15) is 11.5 Å². The molecule has 4 aromatic carbocycles. The van der Waals surface area contributed by atoms with Crippen LogP contribution in [-0.2, 0) is 4.57 Å².